The summed E-state index contributed by atoms with van der Waals surface area (Å²) >= 11 is 0. The molecule has 0 aromatic carbocycles. The number of hydrogen-bond donors (Lipinski definition) is 1. The van der Waals surface area contributed by atoms with Crippen LogP contribution in [0.15, 0.2) is 0 Å². The van der Waals surface area contributed by atoms with Gasteiger partial charge in [-0.3, -0.25) is 0 Å². The SMILES string of the molecule is CCC(CCN)CCCN(CCOC)CC(C)C. The van der Waals surface area contributed by atoms with Gasteiger partial charge in [0.2, 0.25) is 0 Å². The van der Waals surface area contributed by atoms with Crippen molar-refractivity contribution in [3.63, 3.8) is 0 Å². The second kappa shape index (κ2) is 11.9. The minimum absolute atomic E-state index is 0.730. The van der Waals surface area contributed by atoms with Gasteiger partial charge in [0.15, 0.2) is 0 Å². The molecule has 0 aliphatic carbocycles. The molecule has 2 N–H and O–H groups in total. The molecule has 3 nitrogen and oxygen atoms in total. The molecule has 0 saturated heterocycles. The Morgan fingerprint density at radius 1 is 1.17 bits per heavy atom. The fourth-order valence-electron chi connectivity index (χ4n) is 2.42. The van der Waals surface area contributed by atoms with E-state index in [1.165, 1.54) is 38.8 Å². The van der Waals surface area contributed by atoms with Gasteiger partial charge >= 0.3 is 0 Å². The smallest absolute Gasteiger partial charge is 0.0589 e. The fourth-order valence-corrected chi connectivity index (χ4v) is 2.42. The van der Waals surface area contributed by atoms with Crippen LogP contribution in [-0.2, 0) is 4.74 Å². The van der Waals surface area contributed by atoms with E-state index < -0.39 is 0 Å². The highest BCUT2D eigenvalue weighted by Crippen LogP contribution is 2.15. The lowest BCUT2D eigenvalue weighted by Crippen LogP contribution is -2.32. The topological polar surface area (TPSA) is 38.5 Å². The average Bonchev–Trinajstić information content (AvgIpc) is 2.33. The molecule has 18 heavy (non-hydrogen) atoms. The van der Waals surface area contributed by atoms with Crippen LogP contribution in [0.2, 0.25) is 0 Å². The normalized spacial score (nSPS) is 13.5. The Labute approximate surface area is 114 Å². The lowest BCUT2D eigenvalue weighted by Gasteiger charge is -2.24. The van der Waals surface area contributed by atoms with Crippen LogP contribution in [-0.4, -0.2) is 44.8 Å². The van der Waals surface area contributed by atoms with Crippen molar-refractivity contribution in [1.82, 2.24) is 4.90 Å². The molecule has 1 atom stereocenters. The van der Waals surface area contributed by atoms with E-state index in [-0.39, 0.29) is 0 Å². The number of methoxy groups -OCH3 is 1. The first kappa shape index (κ1) is 17.9. The van der Waals surface area contributed by atoms with E-state index in [0.717, 1.165) is 31.5 Å². The summed E-state index contributed by atoms with van der Waals surface area (Å²) in [5, 5.41) is 0. The van der Waals surface area contributed by atoms with Crippen LogP contribution in [0.3, 0.4) is 0 Å². The summed E-state index contributed by atoms with van der Waals surface area (Å²) in [7, 11) is 1.78. The molecule has 0 aliphatic rings. The maximum atomic E-state index is 5.64. The number of ether oxygens (including phenoxy) is 1. The molecule has 0 saturated carbocycles. The van der Waals surface area contributed by atoms with Gasteiger partial charge in [-0.15, -0.1) is 0 Å². The highest BCUT2D eigenvalue weighted by molar-refractivity contribution is 4.64. The molecule has 0 amide bonds. The summed E-state index contributed by atoms with van der Waals surface area (Å²) < 4.78 is 5.18. The van der Waals surface area contributed by atoms with Crippen molar-refractivity contribution in [2.45, 2.75) is 46.5 Å². The molecular formula is C15H34N2O. The van der Waals surface area contributed by atoms with E-state index in [4.69, 9.17) is 10.5 Å². The monoisotopic (exact) mass is 258 g/mol. The predicted octanol–water partition coefficient (Wildman–Crippen LogP) is 2.75. The molecule has 1 unspecified atom stereocenters. The van der Waals surface area contributed by atoms with Crippen LogP contribution in [0.4, 0.5) is 0 Å². The molecule has 3 heteroatoms. The number of rotatable bonds is 12. The fraction of sp³-hybridized carbons (Fsp3) is 1.00. The van der Waals surface area contributed by atoms with Crippen LogP contribution in [0.5, 0.6) is 0 Å². The minimum Gasteiger partial charge on any atom is -0.383 e. The van der Waals surface area contributed by atoms with E-state index in [9.17, 15) is 0 Å². The predicted molar refractivity (Wildman–Crippen MR) is 79.8 cm³/mol. The van der Waals surface area contributed by atoms with Crippen LogP contribution in [0.1, 0.15) is 46.5 Å². The van der Waals surface area contributed by atoms with Gasteiger partial charge in [0.05, 0.1) is 6.61 Å². The molecule has 0 heterocycles. The molecule has 0 bridgehead atoms. The van der Waals surface area contributed by atoms with Crippen molar-refractivity contribution >= 4 is 0 Å². The number of nitrogens with two attached hydrogens (primary N) is 1. The van der Waals surface area contributed by atoms with Crippen LogP contribution < -0.4 is 5.73 Å². The summed E-state index contributed by atoms with van der Waals surface area (Å²) in [6, 6.07) is 0. The second-order valence-corrected chi connectivity index (χ2v) is 5.68. The maximum Gasteiger partial charge on any atom is 0.0589 e. The van der Waals surface area contributed by atoms with Crippen molar-refractivity contribution in [3.8, 4) is 0 Å². The molecule has 0 aromatic rings. The molecule has 0 rings (SSSR count). The van der Waals surface area contributed by atoms with Crippen molar-refractivity contribution in [2.75, 3.05) is 39.9 Å². The Morgan fingerprint density at radius 2 is 1.89 bits per heavy atom. The van der Waals surface area contributed by atoms with Gasteiger partial charge in [-0.05, 0) is 44.2 Å². The third-order valence-electron chi connectivity index (χ3n) is 3.47. The van der Waals surface area contributed by atoms with Gasteiger partial charge in [-0.2, -0.15) is 0 Å². The largest absolute Gasteiger partial charge is 0.383 e. The van der Waals surface area contributed by atoms with Crippen molar-refractivity contribution in [2.24, 2.45) is 17.6 Å². The van der Waals surface area contributed by atoms with Crippen LogP contribution >= 0.6 is 0 Å². The first-order valence-electron chi connectivity index (χ1n) is 7.55. The summed E-state index contributed by atoms with van der Waals surface area (Å²) in [5.41, 5.74) is 5.64. The molecular weight excluding hydrogens is 224 g/mol. The standard InChI is InChI=1S/C15H34N2O/c1-5-15(8-9-16)7-6-10-17(11-12-18-4)13-14(2)3/h14-15H,5-13,16H2,1-4H3. The summed E-state index contributed by atoms with van der Waals surface area (Å²) in [5.74, 6) is 1.55. The van der Waals surface area contributed by atoms with Gasteiger partial charge in [-0.1, -0.05) is 27.2 Å². The van der Waals surface area contributed by atoms with Crippen molar-refractivity contribution in [3.05, 3.63) is 0 Å². The number of nitrogens with zero attached hydrogens (tertiary/aromatic N) is 1. The zero-order chi connectivity index (χ0) is 13.8. The first-order valence-corrected chi connectivity index (χ1v) is 7.55. The molecule has 0 spiro atoms. The Morgan fingerprint density at radius 3 is 2.39 bits per heavy atom. The highest BCUT2D eigenvalue weighted by atomic mass is 16.5. The molecule has 0 radical (unpaired) electrons. The van der Waals surface area contributed by atoms with Crippen LogP contribution in [0.25, 0.3) is 0 Å². The average molecular weight is 258 g/mol. The Balaban J connectivity index is 3.85. The summed E-state index contributed by atoms with van der Waals surface area (Å²) in [6.07, 6.45) is 5.04. The maximum absolute atomic E-state index is 5.64. The third kappa shape index (κ3) is 9.86. The highest BCUT2D eigenvalue weighted by Gasteiger charge is 2.09. The van der Waals surface area contributed by atoms with Gasteiger partial charge in [0.1, 0.15) is 0 Å². The second-order valence-electron chi connectivity index (χ2n) is 5.68. The lowest BCUT2D eigenvalue weighted by atomic mass is 9.96. The van der Waals surface area contributed by atoms with Gasteiger partial charge < -0.3 is 15.4 Å². The minimum atomic E-state index is 0.730. The molecule has 0 aromatic heterocycles. The molecule has 0 fully saturated rings. The summed E-state index contributed by atoms with van der Waals surface area (Å²) in [6.45, 7) is 11.9. The quantitative estimate of drug-likeness (QED) is 0.585. The van der Waals surface area contributed by atoms with Gasteiger partial charge in [0.25, 0.3) is 0 Å². The summed E-state index contributed by atoms with van der Waals surface area (Å²) in [4.78, 5) is 2.53. The van der Waals surface area contributed by atoms with Gasteiger partial charge in [0, 0.05) is 20.2 Å². The van der Waals surface area contributed by atoms with Crippen LogP contribution in [0, 0.1) is 11.8 Å². The third-order valence-corrected chi connectivity index (χ3v) is 3.47. The van der Waals surface area contributed by atoms with E-state index in [2.05, 4.69) is 25.7 Å². The Bertz CT molecular complexity index is 174. The van der Waals surface area contributed by atoms with E-state index >= 15 is 0 Å². The Kier molecular flexibility index (Phi) is 11.9. The van der Waals surface area contributed by atoms with Gasteiger partial charge in [-0.25, -0.2) is 0 Å². The first-order chi connectivity index (χ1) is 8.63. The zero-order valence-corrected chi connectivity index (χ0v) is 13.0. The zero-order valence-electron chi connectivity index (χ0n) is 13.0. The van der Waals surface area contributed by atoms with E-state index in [1.807, 2.05) is 0 Å². The molecule has 110 valence electrons. The van der Waals surface area contributed by atoms with E-state index in [0.29, 0.717) is 0 Å². The van der Waals surface area contributed by atoms with Crippen molar-refractivity contribution in [1.29, 1.82) is 0 Å². The lowest BCUT2D eigenvalue weighted by molar-refractivity contribution is 0.137. The van der Waals surface area contributed by atoms with E-state index in [1.54, 1.807) is 7.11 Å². The Hall–Kier alpha value is -0.120. The van der Waals surface area contributed by atoms with Crippen molar-refractivity contribution < 1.29 is 4.74 Å². The number of hydrogen-bond acceptors (Lipinski definition) is 3. The molecule has 0 aliphatic heterocycles.